The van der Waals surface area contributed by atoms with Gasteiger partial charge < -0.3 is 14.2 Å². The average molecular weight is 646 g/mol. The van der Waals surface area contributed by atoms with Crippen molar-refractivity contribution >= 4 is 27.0 Å². The van der Waals surface area contributed by atoms with E-state index < -0.39 is 10.0 Å². The van der Waals surface area contributed by atoms with Crippen LogP contribution in [0, 0.1) is 0 Å². The molecule has 0 aliphatic heterocycles. The van der Waals surface area contributed by atoms with Crippen molar-refractivity contribution in [2.45, 2.75) is 95.0 Å². The van der Waals surface area contributed by atoms with Crippen molar-refractivity contribution in [2.24, 2.45) is 0 Å². The summed E-state index contributed by atoms with van der Waals surface area (Å²) in [6, 6.07) is 22.4. The molecule has 0 aliphatic carbocycles. The Balaban J connectivity index is 1.10. The van der Waals surface area contributed by atoms with Crippen LogP contribution in [-0.2, 0) is 21.4 Å². The minimum absolute atomic E-state index is 0.208. The molecule has 0 amide bonds. The average Bonchev–Trinajstić information content (AvgIpc) is 3.48. The maximum absolute atomic E-state index is 13.6. The minimum Gasteiger partial charge on any atom is -0.497 e. The van der Waals surface area contributed by atoms with Gasteiger partial charge in [0.25, 0.3) is 10.0 Å². The molecule has 4 aromatic rings. The highest BCUT2D eigenvalue weighted by atomic mass is 32.2. The molecule has 0 saturated carbocycles. The van der Waals surface area contributed by atoms with Gasteiger partial charge in [0.15, 0.2) is 0 Å². The number of benzene rings is 3. The van der Waals surface area contributed by atoms with Crippen molar-refractivity contribution in [3.05, 3.63) is 96.2 Å². The van der Waals surface area contributed by atoms with E-state index in [4.69, 9.17) is 14.2 Å². The first-order chi connectivity index (χ1) is 22.5. The third-order valence-electron chi connectivity index (χ3n) is 8.44. The third kappa shape index (κ3) is 10.5. The first-order valence-electron chi connectivity index (χ1n) is 16.9. The van der Waals surface area contributed by atoms with Crippen LogP contribution in [0.1, 0.15) is 94.6 Å². The van der Waals surface area contributed by atoms with Crippen LogP contribution in [0.25, 0.3) is 17.0 Å². The smallest absolute Gasteiger partial charge is 0.268 e. The van der Waals surface area contributed by atoms with Crippen molar-refractivity contribution in [3.8, 4) is 11.5 Å². The molecule has 3 aromatic carbocycles. The summed E-state index contributed by atoms with van der Waals surface area (Å²) < 4.78 is 45.1. The number of allylic oxidation sites excluding steroid dienone is 1. The van der Waals surface area contributed by atoms with E-state index in [-0.39, 0.29) is 4.90 Å². The van der Waals surface area contributed by atoms with Gasteiger partial charge in [0.1, 0.15) is 11.5 Å². The molecular formula is C39H51NO5S. The van der Waals surface area contributed by atoms with Gasteiger partial charge in [-0.25, -0.2) is 12.4 Å². The SMILES string of the molecule is COc1ccc(S(=O)(=O)n2cc(/C=C\CCCCCCCCCCCCCCOCc3ccccc3)c3c(OC)cccc32)cc1. The van der Waals surface area contributed by atoms with Gasteiger partial charge in [0.05, 0.1) is 36.6 Å². The quantitative estimate of drug-likeness (QED) is 0.0796. The van der Waals surface area contributed by atoms with Crippen molar-refractivity contribution < 1.29 is 22.6 Å². The molecule has 1 aromatic heterocycles. The molecule has 248 valence electrons. The highest BCUT2D eigenvalue weighted by Gasteiger charge is 2.22. The van der Waals surface area contributed by atoms with Gasteiger partial charge in [0.2, 0.25) is 0 Å². The fraction of sp³-hybridized carbons (Fsp3) is 0.436. The second kappa shape index (κ2) is 19.2. The minimum atomic E-state index is -3.80. The van der Waals surface area contributed by atoms with Crippen LogP contribution < -0.4 is 9.47 Å². The Morgan fingerprint density at radius 3 is 1.93 bits per heavy atom. The van der Waals surface area contributed by atoms with Crippen LogP contribution in [0.15, 0.2) is 90.0 Å². The molecule has 0 saturated heterocycles. The zero-order valence-electron chi connectivity index (χ0n) is 27.7. The van der Waals surface area contributed by atoms with E-state index in [2.05, 4.69) is 30.3 Å². The predicted octanol–water partition coefficient (Wildman–Crippen LogP) is 10.2. The molecule has 0 aliphatic rings. The Morgan fingerprint density at radius 1 is 0.674 bits per heavy atom. The van der Waals surface area contributed by atoms with Crippen LogP contribution in [0.5, 0.6) is 11.5 Å². The molecule has 0 atom stereocenters. The van der Waals surface area contributed by atoms with Gasteiger partial charge in [-0.05, 0) is 61.2 Å². The van der Waals surface area contributed by atoms with Crippen molar-refractivity contribution in [1.29, 1.82) is 0 Å². The molecule has 4 rings (SSSR count). The van der Waals surface area contributed by atoms with Crippen molar-refractivity contribution in [3.63, 3.8) is 0 Å². The first-order valence-corrected chi connectivity index (χ1v) is 18.3. The zero-order valence-corrected chi connectivity index (χ0v) is 28.5. The Bertz CT molecular complexity index is 1580. The van der Waals surface area contributed by atoms with Gasteiger partial charge in [-0.2, -0.15) is 0 Å². The van der Waals surface area contributed by atoms with E-state index in [1.165, 1.54) is 73.7 Å². The van der Waals surface area contributed by atoms with E-state index in [1.807, 2.05) is 30.3 Å². The fourth-order valence-electron chi connectivity index (χ4n) is 5.82. The van der Waals surface area contributed by atoms with Gasteiger partial charge in [-0.1, -0.05) is 113 Å². The fourth-order valence-corrected chi connectivity index (χ4v) is 7.19. The van der Waals surface area contributed by atoms with E-state index in [1.54, 1.807) is 44.7 Å². The predicted molar refractivity (Wildman–Crippen MR) is 189 cm³/mol. The van der Waals surface area contributed by atoms with Crippen molar-refractivity contribution in [1.82, 2.24) is 3.97 Å². The number of aromatic nitrogens is 1. The number of unbranched alkanes of at least 4 members (excludes halogenated alkanes) is 12. The Kier molecular flexibility index (Phi) is 14.7. The second-order valence-corrected chi connectivity index (χ2v) is 13.7. The van der Waals surface area contributed by atoms with Crippen LogP contribution >= 0.6 is 0 Å². The largest absolute Gasteiger partial charge is 0.497 e. The number of rotatable bonds is 22. The van der Waals surface area contributed by atoms with Gasteiger partial charge in [0, 0.05) is 18.4 Å². The number of methoxy groups -OCH3 is 2. The van der Waals surface area contributed by atoms with Crippen LogP contribution in [0.4, 0.5) is 0 Å². The summed E-state index contributed by atoms with van der Waals surface area (Å²) in [5, 5.41) is 0.797. The van der Waals surface area contributed by atoms with Crippen LogP contribution in [-0.4, -0.2) is 33.2 Å². The monoisotopic (exact) mass is 645 g/mol. The second-order valence-electron chi connectivity index (χ2n) is 11.9. The molecule has 46 heavy (non-hydrogen) atoms. The van der Waals surface area contributed by atoms with E-state index in [0.717, 1.165) is 43.4 Å². The Labute approximate surface area is 276 Å². The lowest BCUT2D eigenvalue weighted by atomic mass is 10.0. The highest BCUT2D eigenvalue weighted by Crippen LogP contribution is 2.34. The summed E-state index contributed by atoms with van der Waals surface area (Å²) in [7, 11) is -0.623. The maximum atomic E-state index is 13.6. The molecular weight excluding hydrogens is 594 g/mol. The van der Waals surface area contributed by atoms with Crippen LogP contribution in [0.2, 0.25) is 0 Å². The lowest BCUT2D eigenvalue weighted by Crippen LogP contribution is -2.11. The molecule has 0 radical (unpaired) electrons. The third-order valence-corrected chi connectivity index (χ3v) is 10.1. The van der Waals surface area contributed by atoms with E-state index in [0.29, 0.717) is 17.0 Å². The first kappa shape index (κ1) is 35.3. The normalized spacial score (nSPS) is 11.9. The number of hydrogen-bond acceptors (Lipinski definition) is 5. The molecule has 0 bridgehead atoms. The number of hydrogen-bond donors (Lipinski definition) is 0. The van der Waals surface area contributed by atoms with Crippen LogP contribution in [0.3, 0.4) is 0 Å². The van der Waals surface area contributed by atoms with Gasteiger partial charge in [-0.15, -0.1) is 0 Å². The van der Waals surface area contributed by atoms with Gasteiger partial charge in [-0.3, -0.25) is 0 Å². The summed E-state index contributed by atoms with van der Waals surface area (Å²) >= 11 is 0. The summed E-state index contributed by atoms with van der Waals surface area (Å²) in [6.45, 7) is 1.58. The van der Waals surface area contributed by atoms with Crippen molar-refractivity contribution in [2.75, 3.05) is 20.8 Å². The molecule has 0 spiro atoms. The topological polar surface area (TPSA) is 66.8 Å². The number of fused-ring (bicyclic) bond motifs is 1. The highest BCUT2D eigenvalue weighted by molar-refractivity contribution is 7.90. The Morgan fingerprint density at radius 2 is 1.30 bits per heavy atom. The molecule has 0 fully saturated rings. The summed E-state index contributed by atoms with van der Waals surface area (Å²) in [4.78, 5) is 0.208. The number of nitrogens with zero attached hydrogens (tertiary/aromatic N) is 1. The van der Waals surface area contributed by atoms with Gasteiger partial charge >= 0.3 is 0 Å². The Hall–Kier alpha value is -3.55. The lowest BCUT2D eigenvalue weighted by Gasteiger charge is -2.09. The molecule has 0 unspecified atom stereocenters. The molecule has 0 N–H and O–H groups in total. The zero-order chi connectivity index (χ0) is 32.5. The van der Waals surface area contributed by atoms with E-state index in [9.17, 15) is 8.42 Å². The lowest BCUT2D eigenvalue weighted by molar-refractivity contribution is 0.116. The summed E-state index contributed by atoms with van der Waals surface area (Å²) in [6.07, 6.45) is 22.2. The maximum Gasteiger partial charge on any atom is 0.268 e. The molecule has 1 heterocycles. The standard InChI is InChI=1S/C39H51NO5S/c1-43-35-26-28-36(29-27-35)46(41,42)40-31-34(39-37(40)24-20-25-38(39)44-2)23-18-13-11-9-7-5-3-4-6-8-10-12-14-19-30-45-32-33-21-16-15-17-22-33/h15-18,20-29,31H,3-14,19,30,32H2,1-2H3/b23-18-. The molecule has 7 heteroatoms. The summed E-state index contributed by atoms with van der Waals surface area (Å²) in [5.74, 6) is 1.27. The summed E-state index contributed by atoms with van der Waals surface area (Å²) in [5.41, 5.74) is 2.68. The number of ether oxygens (including phenoxy) is 3. The molecule has 6 nitrogen and oxygen atoms in total. The van der Waals surface area contributed by atoms with E-state index >= 15 is 0 Å².